The number of hydrogen-bond acceptors (Lipinski definition) is 2. The van der Waals surface area contributed by atoms with Crippen molar-refractivity contribution >= 4 is 11.8 Å². The number of rotatable bonds is 1. The van der Waals surface area contributed by atoms with Gasteiger partial charge in [0.25, 0.3) is 0 Å². The SMILES string of the molecule is CC(C)C1CNCCC12CCSC2C. The van der Waals surface area contributed by atoms with Crippen molar-refractivity contribution in [3.63, 3.8) is 0 Å². The number of nitrogens with one attached hydrogen (secondary N) is 1. The number of hydrogen-bond donors (Lipinski definition) is 1. The molecule has 3 unspecified atom stereocenters. The lowest BCUT2D eigenvalue weighted by molar-refractivity contribution is 0.0757. The highest BCUT2D eigenvalue weighted by molar-refractivity contribution is 8.00. The normalized spacial score (nSPS) is 43.7. The van der Waals surface area contributed by atoms with E-state index in [1.54, 1.807) is 0 Å². The smallest absolute Gasteiger partial charge is 0.00791 e. The molecule has 1 spiro atoms. The van der Waals surface area contributed by atoms with E-state index in [4.69, 9.17) is 0 Å². The molecular formula is C12H23NS. The molecule has 2 fully saturated rings. The Hall–Kier alpha value is 0.310. The largest absolute Gasteiger partial charge is 0.316 e. The third kappa shape index (κ3) is 1.61. The van der Waals surface area contributed by atoms with Gasteiger partial charge in [-0.1, -0.05) is 20.8 Å². The second-order valence-corrected chi connectivity index (χ2v) is 6.75. The first-order valence-electron chi connectivity index (χ1n) is 5.99. The molecule has 3 atom stereocenters. The molecule has 1 nitrogen and oxygen atoms in total. The molecule has 0 amide bonds. The van der Waals surface area contributed by atoms with E-state index in [0.29, 0.717) is 5.41 Å². The van der Waals surface area contributed by atoms with E-state index in [0.717, 1.165) is 17.1 Å². The van der Waals surface area contributed by atoms with Crippen molar-refractivity contribution in [3.8, 4) is 0 Å². The van der Waals surface area contributed by atoms with Crippen LogP contribution in [-0.4, -0.2) is 24.1 Å². The van der Waals surface area contributed by atoms with E-state index in [1.807, 2.05) is 0 Å². The Balaban J connectivity index is 2.19. The fourth-order valence-electron chi connectivity index (χ4n) is 3.48. The molecule has 0 aromatic rings. The quantitative estimate of drug-likeness (QED) is 0.719. The van der Waals surface area contributed by atoms with Crippen LogP contribution in [0.3, 0.4) is 0 Å². The molecule has 0 radical (unpaired) electrons. The lowest BCUT2D eigenvalue weighted by Gasteiger charge is -2.46. The van der Waals surface area contributed by atoms with E-state index in [2.05, 4.69) is 37.8 Å². The molecule has 1 N–H and O–H groups in total. The van der Waals surface area contributed by atoms with Crippen molar-refractivity contribution in [3.05, 3.63) is 0 Å². The summed E-state index contributed by atoms with van der Waals surface area (Å²) >= 11 is 2.20. The first kappa shape index (κ1) is 10.8. The van der Waals surface area contributed by atoms with E-state index >= 15 is 0 Å². The first-order chi connectivity index (χ1) is 6.67. The summed E-state index contributed by atoms with van der Waals surface area (Å²) in [5.74, 6) is 3.13. The molecule has 14 heavy (non-hydrogen) atoms. The summed E-state index contributed by atoms with van der Waals surface area (Å²) in [5, 5.41) is 4.46. The maximum Gasteiger partial charge on any atom is 0.00791 e. The molecule has 82 valence electrons. The van der Waals surface area contributed by atoms with Crippen molar-refractivity contribution in [2.45, 2.75) is 38.9 Å². The molecule has 2 aliphatic heterocycles. The minimum atomic E-state index is 0.671. The lowest BCUT2D eigenvalue weighted by Crippen LogP contribution is -2.50. The van der Waals surface area contributed by atoms with Crippen molar-refractivity contribution in [2.24, 2.45) is 17.3 Å². The van der Waals surface area contributed by atoms with E-state index in [-0.39, 0.29) is 0 Å². The maximum absolute atomic E-state index is 3.58. The van der Waals surface area contributed by atoms with Crippen molar-refractivity contribution in [1.29, 1.82) is 0 Å². The van der Waals surface area contributed by atoms with Crippen molar-refractivity contribution in [2.75, 3.05) is 18.8 Å². The Morgan fingerprint density at radius 1 is 1.36 bits per heavy atom. The fourth-order valence-corrected chi connectivity index (χ4v) is 5.07. The van der Waals surface area contributed by atoms with Gasteiger partial charge in [-0.25, -0.2) is 0 Å². The molecule has 0 bridgehead atoms. The zero-order chi connectivity index (χ0) is 10.2. The molecule has 0 aromatic heterocycles. The maximum atomic E-state index is 3.58. The Morgan fingerprint density at radius 3 is 2.71 bits per heavy atom. The second-order valence-electron chi connectivity index (χ2n) is 5.30. The number of piperidine rings is 1. The van der Waals surface area contributed by atoms with Crippen LogP contribution in [0.15, 0.2) is 0 Å². The van der Waals surface area contributed by atoms with E-state index < -0.39 is 0 Å². The Labute approximate surface area is 92.4 Å². The summed E-state index contributed by atoms with van der Waals surface area (Å²) in [6.45, 7) is 9.75. The Morgan fingerprint density at radius 2 is 2.14 bits per heavy atom. The van der Waals surface area contributed by atoms with Crippen LogP contribution in [0.5, 0.6) is 0 Å². The molecule has 2 heteroatoms. The van der Waals surface area contributed by atoms with Gasteiger partial charge in [0.15, 0.2) is 0 Å². The van der Waals surface area contributed by atoms with E-state index in [9.17, 15) is 0 Å². The first-order valence-corrected chi connectivity index (χ1v) is 7.04. The molecule has 0 aromatic carbocycles. The van der Waals surface area contributed by atoms with Crippen LogP contribution in [0.1, 0.15) is 33.6 Å². The van der Waals surface area contributed by atoms with Crippen LogP contribution in [0, 0.1) is 17.3 Å². The summed E-state index contributed by atoms with van der Waals surface area (Å²) in [5.41, 5.74) is 0.671. The van der Waals surface area contributed by atoms with Gasteiger partial charge >= 0.3 is 0 Å². The topological polar surface area (TPSA) is 12.0 Å². The van der Waals surface area contributed by atoms with Gasteiger partial charge in [0.1, 0.15) is 0 Å². The lowest BCUT2D eigenvalue weighted by atomic mass is 9.63. The van der Waals surface area contributed by atoms with Crippen LogP contribution in [0.2, 0.25) is 0 Å². The summed E-state index contributed by atoms with van der Waals surface area (Å²) in [6.07, 6.45) is 2.87. The highest BCUT2D eigenvalue weighted by Crippen LogP contribution is 2.53. The van der Waals surface area contributed by atoms with Crippen LogP contribution in [-0.2, 0) is 0 Å². The fraction of sp³-hybridized carbons (Fsp3) is 1.00. The summed E-state index contributed by atoms with van der Waals surface area (Å²) in [7, 11) is 0. The monoisotopic (exact) mass is 213 g/mol. The molecule has 0 saturated carbocycles. The van der Waals surface area contributed by atoms with Gasteiger partial charge in [-0.05, 0) is 48.9 Å². The standard InChI is InChI=1S/C12H23NS/c1-9(2)11-8-13-6-4-12(11)5-7-14-10(12)3/h9-11,13H,4-8H2,1-3H3. The highest BCUT2D eigenvalue weighted by Gasteiger charge is 2.48. The zero-order valence-corrected chi connectivity index (χ0v) is 10.5. The second kappa shape index (κ2) is 4.05. The molecule has 2 saturated heterocycles. The van der Waals surface area contributed by atoms with Gasteiger partial charge in [-0.3, -0.25) is 0 Å². The van der Waals surface area contributed by atoms with Gasteiger partial charge < -0.3 is 5.32 Å². The van der Waals surface area contributed by atoms with Gasteiger partial charge in [-0.2, -0.15) is 11.8 Å². The highest BCUT2D eigenvalue weighted by atomic mass is 32.2. The molecule has 2 heterocycles. The van der Waals surface area contributed by atoms with Gasteiger partial charge in [0.2, 0.25) is 0 Å². The average Bonchev–Trinajstić information content (AvgIpc) is 2.49. The number of thioether (sulfide) groups is 1. The van der Waals surface area contributed by atoms with Crippen molar-refractivity contribution < 1.29 is 0 Å². The minimum absolute atomic E-state index is 0.671. The van der Waals surface area contributed by atoms with Crippen LogP contribution >= 0.6 is 11.8 Å². The predicted molar refractivity (Wildman–Crippen MR) is 64.8 cm³/mol. The third-order valence-corrected chi connectivity index (χ3v) is 5.83. The van der Waals surface area contributed by atoms with E-state index in [1.165, 1.54) is 31.7 Å². The summed E-state index contributed by atoms with van der Waals surface area (Å²) < 4.78 is 0. The van der Waals surface area contributed by atoms with Crippen LogP contribution < -0.4 is 5.32 Å². The zero-order valence-electron chi connectivity index (χ0n) is 9.68. The Bertz CT molecular complexity index is 204. The third-order valence-electron chi connectivity index (χ3n) is 4.42. The molecule has 0 aliphatic carbocycles. The van der Waals surface area contributed by atoms with Gasteiger partial charge in [0.05, 0.1) is 0 Å². The minimum Gasteiger partial charge on any atom is -0.316 e. The van der Waals surface area contributed by atoms with Gasteiger partial charge in [-0.15, -0.1) is 0 Å². The average molecular weight is 213 g/mol. The molecule has 2 rings (SSSR count). The van der Waals surface area contributed by atoms with Crippen LogP contribution in [0.25, 0.3) is 0 Å². The van der Waals surface area contributed by atoms with Gasteiger partial charge in [0, 0.05) is 5.25 Å². The predicted octanol–water partition coefficient (Wildman–Crippen LogP) is 2.76. The Kier molecular flexibility index (Phi) is 3.13. The summed E-state index contributed by atoms with van der Waals surface area (Å²) in [4.78, 5) is 0. The molecular weight excluding hydrogens is 190 g/mol. The molecule has 2 aliphatic rings. The van der Waals surface area contributed by atoms with Crippen LogP contribution in [0.4, 0.5) is 0 Å². The summed E-state index contributed by atoms with van der Waals surface area (Å²) in [6, 6.07) is 0. The van der Waals surface area contributed by atoms with Crippen molar-refractivity contribution in [1.82, 2.24) is 5.32 Å².